The molecule has 4 heterocycles. The number of anilines is 1. The van der Waals surface area contributed by atoms with Crippen molar-refractivity contribution in [3.05, 3.63) is 48.3 Å². The van der Waals surface area contributed by atoms with E-state index in [4.69, 9.17) is 0 Å². The number of nitrogens with zero attached hydrogens (tertiary/aromatic N) is 5. The fourth-order valence-electron chi connectivity index (χ4n) is 4.09. The molecule has 0 saturated carbocycles. The van der Waals surface area contributed by atoms with Crippen LogP contribution in [0.15, 0.2) is 36.9 Å². The first-order chi connectivity index (χ1) is 11.7. The Morgan fingerprint density at radius 1 is 1.04 bits per heavy atom. The number of halogens is 1. The average Bonchev–Trinajstić information content (AvgIpc) is 2.98. The highest BCUT2D eigenvalue weighted by Crippen LogP contribution is 2.40. The fraction of sp³-hybridized carbons (Fsp3) is 0.500. The Morgan fingerprint density at radius 3 is 2.62 bits per heavy atom. The van der Waals surface area contributed by atoms with E-state index in [1.807, 2.05) is 12.4 Å². The van der Waals surface area contributed by atoms with Crippen molar-refractivity contribution in [2.24, 2.45) is 5.41 Å². The van der Waals surface area contributed by atoms with Gasteiger partial charge in [-0.15, -0.1) is 0 Å². The minimum atomic E-state index is -0.380. The Labute approximate surface area is 141 Å². The van der Waals surface area contributed by atoms with E-state index in [-0.39, 0.29) is 5.82 Å². The van der Waals surface area contributed by atoms with Crippen molar-refractivity contribution in [3.8, 4) is 0 Å². The maximum atomic E-state index is 13.1. The van der Waals surface area contributed by atoms with Crippen molar-refractivity contribution in [1.82, 2.24) is 19.9 Å². The molecule has 126 valence electrons. The molecular formula is C18H22FN5. The molecule has 2 aliphatic rings. The molecule has 2 saturated heterocycles. The highest BCUT2D eigenvalue weighted by Gasteiger charge is 2.41. The molecule has 0 amide bonds. The lowest BCUT2D eigenvalue weighted by atomic mass is 9.79. The van der Waals surface area contributed by atoms with Crippen LogP contribution >= 0.6 is 0 Å². The van der Waals surface area contributed by atoms with Crippen LogP contribution in [-0.4, -0.2) is 46.0 Å². The molecule has 2 aromatic heterocycles. The van der Waals surface area contributed by atoms with E-state index in [9.17, 15) is 4.39 Å². The van der Waals surface area contributed by atoms with Gasteiger partial charge in [-0.05, 0) is 43.5 Å². The van der Waals surface area contributed by atoms with E-state index in [2.05, 4.69) is 36.9 Å². The van der Waals surface area contributed by atoms with E-state index >= 15 is 0 Å². The SMILES string of the molecule is Fc1cnc(N2CCC[C@]3(CCN(Cc4ccncc4)C3)C2)nc1. The fourth-order valence-corrected chi connectivity index (χ4v) is 4.09. The predicted molar refractivity (Wildman–Crippen MR) is 90.0 cm³/mol. The van der Waals surface area contributed by atoms with Gasteiger partial charge in [0.05, 0.1) is 12.4 Å². The molecule has 0 unspecified atom stereocenters. The van der Waals surface area contributed by atoms with Crippen molar-refractivity contribution >= 4 is 5.95 Å². The summed E-state index contributed by atoms with van der Waals surface area (Å²) >= 11 is 0. The molecule has 6 heteroatoms. The number of likely N-dealkylation sites (tertiary alicyclic amines) is 1. The smallest absolute Gasteiger partial charge is 0.225 e. The lowest BCUT2D eigenvalue weighted by molar-refractivity contribution is 0.215. The van der Waals surface area contributed by atoms with Crippen LogP contribution < -0.4 is 4.90 Å². The Kier molecular flexibility index (Phi) is 4.14. The molecule has 5 nitrogen and oxygen atoms in total. The number of pyridine rings is 1. The maximum Gasteiger partial charge on any atom is 0.225 e. The van der Waals surface area contributed by atoms with E-state index in [0.717, 1.165) is 39.1 Å². The summed E-state index contributed by atoms with van der Waals surface area (Å²) in [5.41, 5.74) is 1.62. The van der Waals surface area contributed by atoms with Crippen LogP contribution in [0.3, 0.4) is 0 Å². The number of rotatable bonds is 3. The summed E-state index contributed by atoms with van der Waals surface area (Å²) in [6, 6.07) is 4.18. The van der Waals surface area contributed by atoms with Gasteiger partial charge in [0.2, 0.25) is 5.95 Å². The van der Waals surface area contributed by atoms with Gasteiger partial charge in [-0.1, -0.05) is 0 Å². The summed E-state index contributed by atoms with van der Waals surface area (Å²) in [6.45, 7) is 5.13. The van der Waals surface area contributed by atoms with E-state index in [1.54, 1.807) is 0 Å². The first-order valence-corrected chi connectivity index (χ1v) is 8.56. The zero-order valence-electron chi connectivity index (χ0n) is 13.7. The third-order valence-corrected chi connectivity index (χ3v) is 5.22. The standard InChI is InChI=1S/C18H22FN5/c19-16-10-21-17(22-11-16)24-8-1-4-18(14-24)5-9-23(13-18)12-15-2-6-20-7-3-15/h2-3,6-7,10-11H,1,4-5,8-9,12-14H2/t18-/m1/s1. The summed E-state index contributed by atoms with van der Waals surface area (Å²) in [5.74, 6) is 0.276. The van der Waals surface area contributed by atoms with Gasteiger partial charge >= 0.3 is 0 Å². The van der Waals surface area contributed by atoms with Crippen molar-refractivity contribution in [1.29, 1.82) is 0 Å². The zero-order valence-corrected chi connectivity index (χ0v) is 13.7. The molecule has 0 aliphatic carbocycles. The number of aromatic nitrogens is 3. The number of hydrogen-bond acceptors (Lipinski definition) is 5. The third kappa shape index (κ3) is 3.24. The lowest BCUT2D eigenvalue weighted by Crippen LogP contribution is -2.45. The van der Waals surface area contributed by atoms with Gasteiger partial charge in [0.25, 0.3) is 0 Å². The normalized spacial score (nSPS) is 24.6. The molecule has 2 aromatic rings. The molecule has 24 heavy (non-hydrogen) atoms. The number of hydrogen-bond donors (Lipinski definition) is 0. The third-order valence-electron chi connectivity index (χ3n) is 5.22. The minimum Gasteiger partial charge on any atom is -0.340 e. The van der Waals surface area contributed by atoms with Gasteiger partial charge in [-0.2, -0.15) is 0 Å². The van der Waals surface area contributed by atoms with E-state index in [0.29, 0.717) is 11.4 Å². The Bertz CT molecular complexity index is 678. The van der Waals surface area contributed by atoms with Crippen LogP contribution in [0.4, 0.5) is 10.3 Å². The molecule has 4 rings (SSSR count). The molecule has 1 atom stereocenters. The van der Waals surface area contributed by atoms with Crippen LogP contribution in [-0.2, 0) is 6.54 Å². The first kappa shape index (κ1) is 15.4. The molecule has 0 N–H and O–H groups in total. The Hall–Kier alpha value is -2.08. The average molecular weight is 327 g/mol. The largest absolute Gasteiger partial charge is 0.340 e. The molecule has 2 fully saturated rings. The van der Waals surface area contributed by atoms with E-state index < -0.39 is 0 Å². The van der Waals surface area contributed by atoms with Gasteiger partial charge < -0.3 is 4.90 Å². The van der Waals surface area contributed by atoms with Crippen LogP contribution in [0.25, 0.3) is 0 Å². The molecule has 1 spiro atoms. The molecule has 2 aliphatic heterocycles. The monoisotopic (exact) mass is 327 g/mol. The quantitative estimate of drug-likeness (QED) is 0.867. The van der Waals surface area contributed by atoms with Crippen LogP contribution in [0.1, 0.15) is 24.8 Å². The summed E-state index contributed by atoms with van der Waals surface area (Å²) in [7, 11) is 0. The highest BCUT2D eigenvalue weighted by atomic mass is 19.1. The molecule has 0 radical (unpaired) electrons. The summed E-state index contributed by atoms with van der Waals surface area (Å²) < 4.78 is 13.1. The van der Waals surface area contributed by atoms with Gasteiger partial charge in [-0.25, -0.2) is 14.4 Å². The van der Waals surface area contributed by atoms with Gasteiger partial charge in [-0.3, -0.25) is 9.88 Å². The van der Waals surface area contributed by atoms with Gasteiger partial charge in [0.1, 0.15) is 0 Å². The zero-order chi connectivity index (χ0) is 16.4. The second-order valence-corrected chi connectivity index (χ2v) is 7.04. The van der Waals surface area contributed by atoms with Crippen molar-refractivity contribution < 1.29 is 4.39 Å². The second-order valence-electron chi connectivity index (χ2n) is 7.04. The second kappa shape index (κ2) is 6.43. The van der Waals surface area contributed by atoms with Crippen molar-refractivity contribution in [2.75, 3.05) is 31.1 Å². The van der Waals surface area contributed by atoms with Gasteiger partial charge in [0.15, 0.2) is 5.82 Å². The number of piperidine rings is 1. The Morgan fingerprint density at radius 2 is 1.83 bits per heavy atom. The predicted octanol–water partition coefficient (Wildman–Crippen LogP) is 2.50. The molecular weight excluding hydrogens is 305 g/mol. The minimum absolute atomic E-state index is 0.309. The molecule has 0 bridgehead atoms. The van der Waals surface area contributed by atoms with Crippen LogP contribution in [0.2, 0.25) is 0 Å². The summed E-state index contributed by atoms with van der Waals surface area (Å²) in [6.07, 6.45) is 9.82. The Balaban J connectivity index is 1.43. The van der Waals surface area contributed by atoms with Gasteiger partial charge in [0, 0.05) is 44.0 Å². The summed E-state index contributed by atoms with van der Waals surface area (Å²) in [4.78, 5) is 17.2. The molecule has 0 aromatic carbocycles. The summed E-state index contributed by atoms with van der Waals surface area (Å²) in [5, 5.41) is 0. The first-order valence-electron chi connectivity index (χ1n) is 8.56. The lowest BCUT2D eigenvalue weighted by Gasteiger charge is -2.40. The maximum absolute atomic E-state index is 13.1. The van der Waals surface area contributed by atoms with Crippen molar-refractivity contribution in [3.63, 3.8) is 0 Å². The van der Waals surface area contributed by atoms with Crippen molar-refractivity contribution in [2.45, 2.75) is 25.8 Å². The van der Waals surface area contributed by atoms with Crippen LogP contribution in [0.5, 0.6) is 0 Å². The highest BCUT2D eigenvalue weighted by molar-refractivity contribution is 5.30. The van der Waals surface area contributed by atoms with E-state index in [1.165, 1.54) is 30.8 Å². The van der Waals surface area contributed by atoms with Crippen LogP contribution in [0, 0.1) is 11.2 Å². The topological polar surface area (TPSA) is 45.2 Å².